The van der Waals surface area contributed by atoms with Gasteiger partial charge in [-0.25, -0.2) is 0 Å². The molecule has 1 atom stereocenters. The van der Waals surface area contributed by atoms with E-state index in [1.807, 2.05) is 30.3 Å². The summed E-state index contributed by atoms with van der Waals surface area (Å²) in [4.78, 5) is 26.4. The zero-order valence-corrected chi connectivity index (χ0v) is 13.3. The Morgan fingerprint density at radius 2 is 1.82 bits per heavy atom. The molecule has 120 valence electrons. The van der Waals surface area contributed by atoms with Crippen molar-refractivity contribution >= 4 is 11.8 Å². The normalized spacial score (nSPS) is 17.8. The van der Waals surface area contributed by atoms with E-state index in [1.165, 1.54) is 0 Å². The molecule has 2 amide bonds. The summed E-state index contributed by atoms with van der Waals surface area (Å²) in [7, 11) is 3.53. The lowest BCUT2D eigenvalue weighted by Crippen LogP contribution is -2.48. The highest BCUT2D eigenvalue weighted by molar-refractivity contribution is 5.86. The van der Waals surface area contributed by atoms with Crippen LogP contribution in [0.15, 0.2) is 30.3 Å². The molecule has 0 heterocycles. The van der Waals surface area contributed by atoms with Crippen molar-refractivity contribution in [2.75, 3.05) is 20.6 Å². The van der Waals surface area contributed by atoms with Gasteiger partial charge in [-0.15, -0.1) is 0 Å². The molecule has 1 aromatic rings. The standard InChI is InChI=1S/C17H25N3O2/c1-20(2)16(22)17(10-6-7-11-17)12-19-15(21)14(18)13-8-4-3-5-9-13/h3-5,8-9,14H,6-7,10-12,18H2,1-2H3,(H,19,21). The van der Waals surface area contributed by atoms with E-state index in [2.05, 4.69) is 5.32 Å². The number of nitrogens with one attached hydrogen (secondary N) is 1. The van der Waals surface area contributed by atoms with Crippen molar-refractivity contribution in [3.05, 3.63) is 35.9 Å². The maximum Gasteiger partial charge on any atom is 0.241 e. The Kier molecular flexibility index (Phi) is 5.19. The fourth-order valence-corrected chi connectivity index (χ4v) is 3.17. The summed E-state index contributed by atoms with van der Waals surface area (Å²) in [5.41, 5.74) is 6.31. The lowest BCUT2D eigenvalue weighted by atomic mass is 9.84. The van der Waals surface area contributed by atoms with Crippen molar-refractivity contribution < 1.29 is 9.59 Å². The molecule has 2 rings (SSSR count). The van der Waals surface area contributed by atoms with E-state index in [9.17, 15) is 9.59 Å². The van der Waals surface area contributed by atoms with Crippen LogP contribution in [0.2, 0.25) is 0 Å². The summed E-state index contributed by atoms with van der Waals surface area (Å²) in [5.74, 6) is -0.136. The Morgan fingerprint density at radius 3 is 2.36 bits per heavy atom. The molecule has 0 spiro atoms. The van der Waals surface area contributed by atoms with E-state index in [4.69, 9.17) is 5.73 Å². The van der Waals surface area contributed by atoms with E-state index in [0.717, 1.165) is 31.2 Å². The lowest BCUT2D eigenvalue weighted by molar-refractivity contribution is -0.139. The van der Waals surface area contributed by atoms with Crippen LogP contribution in [0, 0.1) is 5.41 Å². The van der Waals surface area contributed by atoms with Crippen molar-refractivity contribution in [1.82, 2.24) is 10.2 Å². The summed E-state index contributed by atoms with van der Waals surface area (Å²) >= 11 is 0. The fraction of sp³-hybridized carbons (Fsp3) is 0.529. The van der Waals surface area contributed by atoms with Gasteiger partial charge in [0, 0.05) is 20.6 Å². The molecule has 0 bridgehead atoms. The quantitative estimate of drug-likeness (QED) is 0.864. The number of benzene rings is 1. The maximum atomic E-state index is 12.5. The Hall–Kier alpha value is -1.88. The minimum atomic E-state index is -0.700. The average molecular weight is 303 g/mol. The first-order chi connectivity index (χ1) is 10.5. The molecule has 0 aromatic heterocycles. The Labute approximate surface area is 131 Å². The zero-order valence-electron chi connectivity index (χ0n) is 13.3. The molecule has 0 saturated heterocycles. The van der Waals surface area contributed by atoms with Gasteiger partial charge in [0.25, 0.3) is 0 Å². The van der Waals surface area contributed by atoms with Gasteiger partial charge in [0.05, 0.1) is 5.41 Å². The molecule has 1 fully saturated rings. The van der Waals surface area contributed by atoms with Gasteiger partial charge >= 0.3 is 0 Å². The van der Waals surface area contributed by atoms with E-state index in [1.54, 1.807) is 19.0 Å². The van der Waals surface area contributed by atoms with Crippen molar-refractivity contribution in [3.63, 3.8) is 0 Å². The molecule has 1 aromatic carbocycles. The largest absolute Gasteiger partial charge is 0.353 e. The van der Waals surface area contributed by atoms with Crippen molar-refractivity contribution in [2.24, 2.45) is 11.1 Å². The third-order valence-corrected chi connectivity index (χ3v) is 4.46. The van der Waals surface area contributed by atoms with Gasteiger partial charge in [-0.2, -0.15) is 0 Å². The number of nitrogens with two attached hydrogens (primary N) is 1. The Bertz CT molecular complexity index is 522. The van der Waals surface area contributed by atoms with Crippen LogP contribution >= 0.6 is 0 Å². The van der Waals surface area contributed by atoms with Crippen LogP contribution in [-0.4, -0.2) is 37.4 Å². The molecule has 5 heteroatoms. The topological polar surface area (TPSA) is 75.4 Å². The van der Waals surface area contributed by atoms with Gasteiger partial charge in [-0.1, -0.05) is 43.2 Å². The number of amides is 2. The molecule has 1 unspecified atom stereocenters. The molecule has 3 N–H and O–H groups in total. The van der Waals surface area contributed by atoms with E-state index in [-0.39, 0.29) is 11.8 Å². The van der Waals surface area contributed by atoms with E-state index in [0.29, 0.717) is 6.54 Å². The second kappa shape index (κ2) is 6.92. The van der Waals surface area contributed by atoms with Gasteiger partial charge in [0.15, 0.2) is 0 Å². The molecular formula is C17H25N3O2. The first-order valence-corrected chi connectivity index (χ1v) is 7.76. The van der Waals surface area contributed by atoms with Crippen molar-refractivity contribution in [2.45, 2.75) is 31.7 Å². The van der Waals surface area contributed by atoms with E-state index >= 15 is 0 Å². The van der Waals surface area contributed by atoms with Crippen molar-refractivity contribution in [1.29, 1.82) is 0 Å². The van der Waals surface area contributed by atoms with E-state index < -0.39 is 11.5 Å². The fourth-order valence-electron chi connectivity index (χ4n) is 3.17. The highest BCUT2D eigenvalue weighted by Crippen LogP contribution is 2.39. The number of carbonyl (C=O) groups excluding carboxylic acids is 2. The van der Waals surface area contributed by atoms with Gasteiger partial charge in [0.1, 0.15) is 6.04 Å². The number of hydrogen-bond acceptors (Lipinski definition) is 3. The minimum absolute atomic E-state index is 0.0959. The second-order valence-electron chi connectivity index (χ2n) is 6.29. The molecule has 0 aliphatic heterocycles. The molecule has 0 radical (unpaired) electrons. The molecule has 1 aliphatic rings. The second-order valence-corrected chi connectivity index (χ2v) is 6.29. The molecule has 1 saturated carbocycles. The first kappa shape index (κ1) is 16.5. The Morgan fingerprint density at radius 1 is 1.23 bits per heavy atom. The molecular weight excluding hydrogens is 278 g/mol. The minimum Gasteiger partial charge on any atom is -0.353 e. The SMILES string of the molecule is CN(C)C(=O)C1(CNC(=O)C(N)c2ccccc2)CCCC1. The van der Waals surface area contributed by atoms with Crippen LogP contribution in [0.4, 0.5) is 0 Å². The van der Waals surface area contributed by atoms with Gasteiger partial charge in [0.2, 0.25) is 11.8 Å². The predicted molar refractivity (Wildman–Crippen MR) is 86.0 cm³/mol. The van der Waals surface area contributed by atoms with Crippen LogP contribution in [0.1, 0.15) is 37.3 Å². The number of hydrogen-bond donors (Lipinski definition) is 2. The summed E-state index contributed by atoms with van der Waals surface area (Å²) in [6.07, 6.45) is 3.70. The number of rotatable bonds is 5. The zero-order chi connectivity index (χ0) is 16.2. The van der Waals surface area contributed by atoms with Crippen LogP contribution in [0.25, 0.3) is 0 Å². The van der Waals surface area contributed by atoms with Gasteiger partial charge in [-0.05, 0) is 18.4 Å². The monoisotopic (exact) mass is 303 g/mol. The maximum absolute atomic E-state index is 12.5. The highest BCUT2D eigenvalue weighted by Gasteiger charge is 2.42. The molecule has 1 aliphatic carbocycles. The van der Waals surface area contributed by atoms with Crippen molar-refractivity contribution in [3.8, 4) is 0 Å². The number of carbonyl (C=O) groups is 2. The first-order valence-electron chi connectivity index (χ1n) is 7.76. The van der Waals surface area contributed by atoms with Crippen LogP contribution in [0.5, 0.6) is 0 Å². The smallest absolute Gasteiger partial charge is 0.241 e. The highest BCUT2D eigenvalue weighted by atomic mass is 16.2. The summed E-state index contributed by atoms with van der Waals surface area (Å²) in [5, 5.41) is 2.89. The van der Waals surface area contributed by atoms with Crippen LogP contribution in [0.3, 0.4) is 0 Å². The summed E-state index contributed by atoms with van der Waals surface area (Å²) < 4.78 is 0. The van der Waals surface area contributed by atoms with Crippen LogP contribution in [-0.2, 0) is 9.59 Å². The summed E-state index contributed by atoms with van der Waals surface area (Å²) in [6, 6.07) is 8.57. The third-order valence-electron chi connectivity index (χ3n) is 4.46. The Balaban J connectivity index is 2.01. The molecule has 22 heavy (non-hydrogen) atoms. The third kappa shape index (κ3) is 3.47. The predicted octanol–water partition coefficient (Wildman–Crippen LogP) is 1.45. The lowest BCUT2D eigenvalue weighted by Gasteiger charge is -2.31. The van der Waals surface area contributed by atoms with Crippen LogP contribution < -0.4 is 11.1 Å². The summed E-state index contributed by atoms with van der Waals surface area (Å²) in [6.45, 7) is 0.364. The van der Waals surface area contributed by atoms with Gasteiger partial charge < -0.3 is 16.0 Å². The number of nitrogens with zero attached hydrogens (tertiary/aromatic N) is 1. The van der Waals surface area contributed by atoms with Gasteiger partial charge in [-0.3, -0.25) is 9.59 Å². The molecule has 5 nitrogen and oxygen atoms in total. The average Bonchev–Trinajstić information content (AvgIpc) is 3.02.